The van der Waals surface area contributed by atoms with Gasteiger partial charge in [-0.25, -0.2) is 8.42 Å². The number of halogens is 2. The van der Waals surface area contributed by atoms with E-state index in [2.05, 4.69) is 10.0 Å². The molecule has 1 aliphatic heterocycles. The van der Waals surface area contributed by atoms with Gasteiger partial charge < -0.3 is 19.9 Å². The Balaban J connectivity index is 2.01. The molecule has 0 spiro atoms. The van der Waals surface area contributed by atoms with Crippen LogP contribution in [0.3, 0.4) is 0 Å². The molecule has 3 rings (SSSR count). The van der Waals surface area contributed by atoms with Gasteiger partial charge in [0, 0.05) is 5.02 Å². The number of rotatable bonds is 5. The summed E-state index contributed by atoms with van der Waals surface area (Å²) in [5, 5.41) is 13.3. The van der Waals surface area contributed by atoms with Crippen molar-refractivity contribution in [2.75, 3.05) is 17.1 Å². The molecule has 1 heterocycles. The monoisotopic (exact) mass is 432 g/mol. The standard InChI is InChI=1S/C17H18Cl2N2O5S/c1-3-13-17(22)20-12-6-9(18)7-15(16(12)26-13)27(23,24)21-10-4-5-14(25-2)11(19)8-10/h4-8,13,17,20-22H,3H2,1-2H3. The van der Waals surface area contributed by atoms with Crippen molar-refractivity contribution in [1.29, 1.82) is 0 Å². The van der Waals surface area contributed by atoms with Gasteiger partial charge in [0.1, 0.15) is 16.7 Å². The summed E-state index contributed by atoms with van der Waals surface area (Å²) in [6.45, 7) is 1.82. The number of nitrogens with one attached hydrogen (secondary N) is 2. The van der Waals surface area contributed by atoms with Crippen molar-refractivity contribution in [2.45, 2.75) is 30.6 Å². The van der Waals surface area contributed by atoms with Crippen LogP contribution in [0.25, 0.3) is 0 Å². The Morgan fingerprint density at radius 2 is 2.04 bits per heavy atom. The summed E-state index contributed by atoms with van der Waals surface area (Å²) in [7, 11) is -2.58. The van der Waals surface area contributed by atoms with E-state index in [-0.39, 0.29) is 26.4 Å². The Labute approximate surface area is 167 Å². The zero-order valence-electron chi connectivity index (χ0n) is 14.5. The zero-order valence-corrected chi connectivity index (χ0v) is 16.8. The van der Waals surface area contributed by atoms with E-state index >= 15 is 0 Å². The van der Waals surface area contributed by atoms with Crippen LogP contribution in [0.5, 0.6) is 11.5 Å². The van der Waals surface area contributed by atoms with Gasteiger partial charge in [0.05, 0.1) is 23.5 Å². The first-order valence-corrected chi connectivity index (χ1v) is 10.3. The van der Waals surface area contributed by atoms with Gasteiger partial charge in [0.15, 0.2) is 12.0 Å². The van der Waals surface area contributed by atoms with E-state index in [9.17, 15) is 13.5 Å². The SMILES string of the molecule is CCC1Oc2c(cc(Cl)cc2S(=O)(=O)Nc2ccc(OC)c(Cl)c2)NC1O. The van der Waals surface area contributed by atoms with Gasteiger partial charge >= 0.3 is 0 Å². The van der Waals surface area contributed by atoms with Crippen molar-refractivity contribution in [1.82, 2.24) is 0 Å². The molecule has 0 saturated heterocycles. The molecule has 2 atom stereocenters. The van der Waals surface area contributed by atoms with Crippen LogP contribution in [0, 0.1) is 0 Å². The summed E-state index contributed by atoms with van der Waals surface area (Å²) in [5.74, 6) is 0.524. The summed E-state index contributed by atoms with van der Waals surface area (Å²) in [4.78, 5) is -0.144. The zero-order chi connectivity index (χ0) is 19.8. The maximum atomic E-state index is 13.0. The van der Waals surface area contributed by atoms with E-state index in [1.807, 2.05) is 6.92 Å². The van der Waals surface area contributed by atoms with Crippen LogP contribution in [0.2, 0.25) is 10.0 Å². The smallest absolute Gasteiger partial charge is 0.265 e. The topological polar surface area (TPSA) is 96.9 Å². The second kappa shape index (κ2) is 7.63. The van der Waals surface area contributed by atoms with Gasteiger partial charge in [-0.05, 0) is 36.8 Å². The second-order valence-electron chi connectivity index (χ2n) is 5.89. The van der Waals surface area contributed by atoms with Crippen molar-refractivity contribution in [3.63, 3.8) is 0 Å². The second-order valence-corrected chi connectivity index (χ2v) is 8.38. The molecule has 0 aromatic heterocycles. The molecule has 0 bridgehead atoms. The third kappa shape index (κ3) is 4.03. The molecule has 0 radical (unpaired) electrons. The molecule has 0 amide bonds. The molecule has 10 heteroatoms. The molecule has 0 aliphatic carbocycles. The van der Waals surface area contributed by atoms with Crippen molar-refractivity contribution in [3.8, 4) is 11.5 Å². The normalized spacial score (nSPS) is 18.9. The van der Waals surface area contributed by atoms with E-state index in [1.54, 1.807) is 6.07 Å². The molecule has 7 nitrogen and oxygen atoms in total. The molecular formula is C17H18Cl2N2O5S. The summed E-state index contributed by atoms with van der Waals surface area (Å²) in [5.41, 5.74) is 0.554. The molecule has 1 aliphatic rings. The van der Waals surface area contributed by atoms with E-state index in [4.69, 9.17) is 32.7 Å². The predicted octanol–water partition coefficient (Wildman–Crippen LogP) is 3.70. The Morgan fingerprint density at radius 3 is 2.67 bits per heavy atom. The fraction of sp³-hybridized carbons (Fsp3) is 0.294. The molecule has 27 heavy (non-hydrogen) atoms. The van der Waals surface area contributed by atoms with E-state index in [1.165, 1.54) is 31.4 Å². The maximum Gasteiger partial charge on any atom is 0.265 e. The first-order chi connectivity index (χ1) is 12.7. The summed E-state index contributed by atoms with van der Waals surface area (Å²) < 4.78 is 39.1. The van der Waals surface area contributed by atoms with E-state index in [0.717, 1.165) is 0 Å². The number of methoxy groups -OCH3 is 1. The average Bonchev–Trinajstić information content (AvgIpc) is 2.60. The molecule has 2 unspecified atom stereocenters. The molecule has 0 saturated carbocycles. The molecular weight excluding hydrogens is 415 g/mol. The van der Waals surface area contributed by atoms with Crippen molar-refractivity contribution in [2.24, 2.45) is 0 Å². The minimum absolute atomic E-state index is 0.101. The Kier molecular flexibility index (Phi) is 5.62. The number of ether oxygens (including phenoxy) is 2. The number of sulfonamides is 1. The van der Waals surface area contributed by atoms with Crippen molar-refractivity contribution in [3.05, 3.63) is 40.4 Å². The lowest BCUT2D eigenvalue weighted by molar-refractivity contribution is 0.0408. The molecule has 2 aromatic carbocycles. The number of aliphatic hydroxyl groups is 1. The summed E-state index contributed by atoms with van der Waals surface area (Å²) in [6, 6.07) is 7.30. The number of aliphatic hydroxyl groups excluding tert-OH is 1. The van der Waals surface area contributed by atoms with E-state index < -0.39 is 22.4 Å². The lowest BCUT2D eigenvalue weighted by Gasteiger charge is -2.32. The third-order valence-electron chi connectivity index (χ3n) is 4.04. The first kappa shape index (κ1) is 19.9. The van der Waals surface area contributed by atoms with Crippen LogP contribution >= 0.6 is 23.2 Å². The summed E-state index contributed by atoms with van der Waals surface area (Å²) in [6.07, 6.45) is -1.08. The average molecular weight is 433 g/mol. The Morgan fingerprint density at radius 1 is 1.30 bits per heavy atom. The fourth-order valence-electron chi connectivity index (χ4n) is 2.71. The first-order valence-electron chi connectivity index (χ1n) is 8.06. The van der Waals surface area contributed by atoms with Crippen LogP contribution in [0.1, 0.15) is 13.3 Å². The van der Waals surface area contributed by atoms with Crippen LogP contribution in [0.15, 0.2) is 35.2 Å². The van der Waals surface area contributed by atoms with Gasteiger partial charge in [-0.1, -0.05) is 30.1 Å². The van der Waals surface area contributed by atoms with Crippen molar-refractivity contribution >= 4 is 44.6 Å². The minimum atomic E-state index is -4.04. The van der Waals surface area contributed by atoms with Crippen LogP contribution in [-0.2, 0) is 10.0 Å². The van der Waals surface area contributed by atoms with Gasteiger partial charge in [0.2, 0.25) is 0 Å². The lowest BCUT2D eigenvalue weighted by Crippen LogP contribution is -2.41. The van der Waals surface area contributed by atoms with Crippen LogP contribution in [0.4, 0.5) is 11.4 Å². The van der Waals surface area contributed by atoms with Gasteiger partial charge in [-0.2, -0.15) is 0 Å². The number of anilines is 2. The molecule has 2 aromatic rings. The lowest BCUT2D eigenvalue weighted by atomic mass is 10.1. The van der Waals surface area contributed by atoms with Gasteiger partial charge in [0.25, 0.3) is 10.0 Å². The summed E-state index contributed by atoms with van der Waals surface area (Å²) >= 11 is 12.1. The Hall–Kier alpha value is -1.87. The quantitative estimate of drug-likeness (QED) is 0.666. The van der Waals surface area contributed by atoms with Crippen molar-refractivity contribution < 1.29 is 23.0 Å². The van der Waals surface area contributed by atoms with Crippen LogP contribution in [-0.4, -0.2) is 33.0 Å². The third-order valence-corrected chi connectivity index (χ3v) is 5.94. The highest BCUT2D eigenvalue weighted by Crippen LogP contribution is 2.41. The largest absolute Gasteiger partial charge is 0.495 e. The molecule has 146 valence electrons. The number of fused-ring (bicyclic) bond motifs is 1. The molecule has 0 fully saturated rings. The van der Waals surface area contributed by atoms with Gasteiger partial charge in [-0.15, -0.1) is 0 Å². The number of benzene rings is 2. The highest BCUT2D eigenvalue weighted by molar-refractivity contribution is 7.92. The fourth-order valence-corrected chi connectivity index (χ4v) is 4.48. The number of hydrogen-bond donors (Lipinski definition) is 3. The van der Waals surface area contributed by atoms with E-state index in [0.29, 0.717) is 17.9 Å². The van der Waals surface area contributed by atoms with Crippen LogP contribution < -0.4 is 19.5 Å². The predicted molar refractivity (Wildman–Crippen MR) is 105 cm³/mol. The minimum Gasteiger partial charge on any atom is -0.495 e. The Bertz CT molecular complexity index is 968. The van der Waals surface area contributed by atoms with Gasteiger partial charge in [-0.3, -0.25) is 4.72 Å². The number of hydrogen-bond acceptors (Lipinski definition) is 6. The maximum absolute atomic E-state index is 13.0. The highest BCUT2D eigenvalue weighted by atomic mass is 35.5. The molecule has 3 N–H and O–H groups in total. The highest BCUT2D eigenvalue weighted by Gasteiger charge is 2.32.